The summed E-state index contributed by atoms with van der Waals surface area (Å²) in [5.41, 5.74) is 0. The highest BCUT2D eigenvalue weighted by atomic mass is 19.3. The molecule has 1 aliphatic rings. The predicted octanol–water partition coefficient (Wildman–Crippen LogP) is 2.09. The summed E-state index contributed by atoms with van der Waals surface area (Å²) >= 11 is 0. The Hall–Kier alpha value is -0.710. The summed E-state index contributed by atoms with van der Waals surface area (Å²) in [4.78, 5) is 11.8. The van der Waals surface area contributed by atoms with Gasteiger partial charge in [-0.3, -0.25) is 4.79 Å². The summed E-state index contributed by atoms with van der Waals surface area (Å²) in [7, 11) is 0. The Bertz CT molecular complexity index is 249. The number of carbonyl (C=O) groups is 1. The van der Waals surface area contributed by atoms with Gasteiger partial charge in [-0.15, -0.1) is 0 Å². The zero-order valence-corrected chi connectivity index (χ0v) is 10.2. The third-order valence-electron chi connectivity index (χ3n) is 3.27. The average molecular weight is 249 g/mol. The van der Waals surface area contributed by atoms with E-state index in [1.807, 2.05) is 6.92 Å². The highest BCUT2D eigenvalue weighted by Crippen LogP contribution is 2.36. The molecule has 2 N–H and O–H groups in total. The number of halogens is 2. The van der Waals surface area contributed by atoms with Gasteiger partial charge in [0.25, 0.3) is 0 Å². The van der Waals surface area contributed by atoms with Gasteiger partial charge >= 0.3 is 0 Å². The first-order chi connectivity index (χ1) is 7.94. The Balaban J connectivity index is 2.29. The number of hydrogen-bond acceptors (Lipinski definition) is 2. The first-order valence-electron chi connectivity index (χ1n) is 6.23. The predicted molar refractivity (Wildman–Crippen MR) is 60.8 cm³/mol. The van der Waals surface area contributed by atoms with E-state index in [2.05, 4.69) is 5.32 Å². The van der Waals surface area contributed by atoms with E-state index < -0.39 is 5.92 Å². The van der Waals surface area contributed by atoms with E-state index in [4.69, 9.17) is 5.11 Å². The third-order valence-corrected chi connectivity index (χ3v) is 3.27. The lowest BCUT2D eigenvalue weighted by Gasteiger charge is -2.28. The van der Waals surface area contributed by atoms with Crippen LogP contribution in [-0.2, 0) is 4.79 Å². The number of nitrogens with one attached hydrogen (secondary N) is 1. The highest BCUT2D eigenvalue weighted by molar-refractivity contribution is 5.79. The van der Waals surface area contributed by atoms with E-state index in [-0.39, 0.29) is 50.2 Å². The topological polar surface area (TPSA) is 49.3 Å². The van der Waals surface area contributed by atoms with Crippen molar-refractivity contribution in [2.45, 2.75) is 57.4 Å². The van der Waals surface area contributed by atoms with Gasteiger partial charge in [0.2, 0.25) is 11.8 Å². The maximum atomic E-state index is 12.9. The van der Waals surface area contributed by atoms with Gasteiger partial charge in [0.1, 0.15) is 0 Å². The molecule has 0 saturated heterocycles. The van der Waals surface area contributed by atoms with Gasteiger partial charge in [-0.05, 0) is 32.6 Å². The number of hydrogen-bond donors (Lipinski definition) is 2. The molecule has 3 nitrogen and oxygen atoms in total. The fourth-order valence-electron chi connectivity index (χ4n) is 2.13. The Morgan fingerprint density at radius 1 is 1.47 bits per heavy atom. The molecule has 1 atom stereocenters. The number of rotatable bonds is 5. The molecule has 1 aliphatic carbocycles. The molecule has 5 heteroatoms. The summed E-state index contributed by atoms with van der Waals surface area (Å²) in [5.74, 6) is -2.98. The molecule has 1 saturated carbocycles. The summed E-state index contributed by atoms with van der Waals surface area (Å²) in [6, 6.07) is -0.00270. The van der Waals surface area contributed by atoms with Crippen molar-refractivity contribution < 1.29 is 18.7 Å². The van der Waals surface area contributed by atoms with Crippen molar-refractivity contribution in [3.63, 3.8) is 0 Å². The highest BCUT2D eigenvalue weighted by Gasteiger charge is 2.37. The summed E-state index contributed by atoms with van der Waals surface area (Å²) in [6.45, 7) is 1.97. The molecule has 0 aromatic carbocycles. The van der Waals surface area contributed by atoms with Crippen LogP contribution in [0.15, 0.2) is 0 Å². The normalized spacial score (nSPS) is 22.1. The number of aliphatic hydroxyl groups excluding tert-OH is 1. The second kappa shape index (κ2) is 6.28. The third kappa shape index (κ3) is 4.98. The fourth-order valence-corrected chi connectivity index (χ4v) is 2.13. The SMILES string of the molecule is CC(CCCO)NC(=O)C1CCC(F)(F)CC1. The first kappa shape index (κ1) is 14.4. The van der Waals surface area contributed by atoms with Crippen LogP contribution in [0, 0.1) is 5.92 Å². The van der Waals surface area contributed by atoms with Crippen molar-refractivity contribution in [2.24, 2.45) is 5.92 Å². The van der Waals surface area contributed by atoms with Crippen LogP contribution in [0.1, 0.15) is 45.4 Å². The van der Waals surface area contributed by atoms with Gasteiger partial charge < -0.3 is 10.4 Å². The molecule has 0 spiro atoms. The maximum Gasteiger partial charge on any atom is 0.248 e. The Morgan fingerprint density at radius 2 is 2.06 bits per heavy atom. The molecule has 0 aromatic heterocycles. The molecule has 1 amide bonds. The molecule has 1 unspecified atom stereocenters. The molecule has 0 bridgehead atoms. The van der Waals surface area contributed by atoms with Gasteiger partial charge in [-0.2, -0.15) is 0 Å². The molecular weight excluding hydrogens is 228 g/mol. The van der Waals surface area contributed by atoms with E-state index in [1.54, 1.807) is 0 Å². The minimum atomic E-state index is -2.58. The van der Waals surface area contributed by atoms with E-state index in [1.165, 1.54) is 0 Å². The zero-order chi connectivity index (χ0) is 12.9. The van der Waals surface area contributed by atoms with Crippen molar-refractivity contribution in [2.75, 3.05) is 6.61 Å². The quantitative estimate of drug-likeness (QED) is 0.783. The van der Waals surface area contributed by atoms with Crippen LogP contribution in [0.3, 0.4) is 0 Å². The number of amides is 1. The second-order valence-electron chi connectivity index (χ2n) is 4.91. The largest absolute Gasteiger partial charge is 0.396 e. The van der Waals surface area contributed by atoms with Crippen molar-refractivity contribution >= 4 is 5.91 Å². The van der Waals surface area contributed by atoms with Crippen molar-refractivity contribution in [3.05, 3.63) is 0 Å². The van der Waals surface area contributed by atoms with Crippen LogP contribution in [0.2, 0.25) is 0 Å². The first-order valence-corrected chi connectivity index (χ1v) is 6.23. The minimum Gasteiger partial charge on any atom is -0.396 e. The monoisotopic (exact) mass is 249 g/mol. The van der Waals surface area contributed by atoms with Gasteiger partial charge in [-0.1, -0.05) is 0 Å². The molecule has 100 valence electrons. The van der Waals surface area contributed by atoms with Gasteiger partial charge in [0.15, 0.2) is 0 Å². The molecule has 1 fully saturated rings. The minimum absolute atomic E-state index is 0.00270. The lowest BCUT2D eigenvalue weighted by molar-refractivity contribution is -0.129. The Kier molecular flexibility index (Phi) is 5.31. The van der Waals surface area contributed by atoms with E-state index in [9.17, 15) is 13.6 Å². The lowest BCUT2D eigenvalue weighted by Crippen LogP contribution is -2.40. The fraction of sp³-hybridized carbons (Fsp3) is 0.917. The van der Waals surface area contributed by atoms with Crippen LogP contribution in [0.5, 0.6) is 0 Å². The van der Waals surface area contributed by atoms with E-state index >= 15 is 0 Å². The molecule has 17 heavy (non-hydrogen) atoms. The molecule has 0 heterocycles. The number of carbonyl (C=O) groups excluding carboxylic acids is 1. The summed E-state index contributed by atoms with van der Waals surface area (Å²) < 4.78 is 25.8. The molecular formula is C12H21F2NO2. The van der Waals surface area contributed by atoms with Crippen molar-refractivity contribution in [1.82, 2.24) is 5.32 Å². The molecule has 1 rings (SSSR count). The Labute approximate surface area is 101 Å². The van der Waals surface area contributed by atoms with Crippen molar-refractivity contribution in [1.29, 1.82) is 0 Å². The molecule has 0 radical (unpaired) electrons. The Morgan fingerprint density at radius 3 is 2.59 bits per heavy atom. The van der Waals surface area contributed by atoms with Gasteiger partial charge in [0, 0.05) is 31.4 Å². The summed E-state index contributed by atoms with van der Waals surface area (Å²) in [6.07, 6.45) is 1.53. The standard InChI is InChI=1S/C12H21F2NO2/c1-9(3-2-8-16)15-11(17)10-4-6-12(13,14)7-5-10/h9-10,16H,2-8H2,1H3,(H,15,17). The van der Waals surface area contributed by atoms with Crippen LogP contribution in [-0.4, -0.2) is 29.6 Å². The van der Waals surface area contributed by atoms with Gasteiger partial charge in [-0.25, -0.2) is 8.78 Å². The maximum absolute atomic E-state index is 12.9. The van der Waals surface area contributed by atoms with Crippen LogP contribution in [0.4, 0.5) is 8.78 Å². The van der Waals surface area contributed by atoms with Crippen molar-refractivity contribution in [3.8, 4) is 0 Å². The average Bonchev–Trinajstić information content (AvgIpc) is 2.26. The number of alkyl halides is 2. The van der Waals surface area contributed by atoms with Gasteiger partial charge in [0.05, 0.1) is 0 Å². The van der Waals surface area contributed by atoms with Crippen LogP contribution in [0.25, 0.3) is 0 Å². The number of aliphatic hydroxyl groups is 1. The molecule has 0 aromatic rings. The lowest BCUT2D eigenvalue weighted by atomic mass is 9.86. The van der Waals surface area contributed by atoms with E-state index in [0.29, 0.717) is 12.8 Å². The smallest absolute Gasteiger partial charge is 0.248 e. The van der Waals surface area contributed by atoms with Crippen LogP contribution < -0.4 is 5.32 Å². The van der Waals surface area contributed by atoms with E-state index in [0.717, 1.165) is 0 Å². The van der Waals surface area contributed by atoms with Crippen LogP contribution >= 0.6 is 0 Å². The summed E-state index contributed by atoms with van der Waals surface area (Å²) in [5, 5.41) is 11.5. The molecule has 0 aliphatic heterocycles. The second-order valence-corrected chi connectivity index (χ2v) is 4.91. The zero-order valence-electron chi connectivity index (χ0n) is 10.2.